The van der Waals surface area contributed by atoms with Crippen molar-refractivity contribution in [2.75, 3.05) is 31.6 Å². The van der Waals surface area contributed by atoms with E-state index in [1.54, 1.807) is 38.2 Å². The van der Waals surface area contributed by atoms with Gasteiger partial charge >= 0.3 is 11.7 Å². The Bertz CT molecular complexity index is 1030. The number of piperidine rings is 1. The summed E-state index contributed by atoms with van der Waals surface area (Å²) in [4.78, 5) is 39.1. The van der Waals surface area contributed by atoms with Gasteiger partial charge in [0.2, 0.25) is 5.91 Å². The van der Waals surface area contributed by atoms with Gasteiger partial charge in [0.15, 0.2) is 0 Å². The molecule has 178 valence electrons. The molecular formula is C24H33N5O4. The van der Waals surface area contributed by atoms with Gasteiger partial charge < -0.3 is 10.1 Å². The van der Waals surface area contributed by atoms with Gasteiger partial charge in [0, 0.05) is 24.7 Å². The second-order valence-corrected chi connectivity index (χ2v) is 8.97. The van der Waals surface area contributed by atoms with Crippen LogP contribution in [0.4, 0.5) is 5.69 Å². The molecule has 2 aliphatic rings. The SMILES string of the molecule is CCOC(=O)c1ccc(NC(=O)CN2CCC(c3nn(C)c(=O)n3C3CCCC3)CC2)cc1. The fourth-order valence-corrected chi connectivity index (χ4v) is 4.94. The molecule has 9 heteroatoms. The number of ether oxygens (including phenoxy) is 1. The van der Waals surface area contributed by atoms with Crippen molar-refractivity contribution in [3.63, 3.8) is 0 Å². The maximum atomic E-state index is 12.7. The number of anilines is 1. The number of nitrogens with one attached hydrogen (secondary N) is 1. The summed E-state index contributed by atoms with van der Waals surface area (Å²) in [6.07, 6.45) is 6.21. The highest BCUT2D eigenvalue weighted by Gasteiger charge is 2.30. The molecule has 0 atom stereocenters. The minimum absolute atomic E-state index is 0.00678. The van der Waals surface area contributed by atoms with Gasteiger partial charge in [-0.1, -0.05) is 12.8 Å². The Morgan fingerprint density at radius 3 is 2.39 bits per heavy atom. The summed E-state index contributed by atoms with van der Waals surface area (Å²) in [5.74, 6) is 0.706. The van der Waals surface area contributed by atoms with Crippen molar-refractivity contribution in [3.8, 4) is 0 Å². The number of likely N-dealkylation sites (tertiary alicyclic amines) is 1. The van der Waals surface area contributed by atoms with Gasteiger partial charge in [-0.25, -0.2) is 14.3 Å². The van der Waals surface area contributed by atoms with Crippen LogP contribution < -0.4 is 11.0 Å². The Kier molecular flexibility index (Phi) is 7.27. The predicted molar refractivity (Wildman–Crippen MR) is 124 cm³/mol. The topological polar surface area (TPSA) is 98.5 Å². The number of benzene rings is 1. The predicted octanol–water partition coefficient (Wildman–Crippen LogP) is 2.69. The standard InChI is InChI=1S/C24H33N5O4/c1-3-33-23(31)18-8-10-19(11-9-18)25-21(30)16-28-14-12-17(13-15-28)22-26-27(2)24(32)29(22)20-6-4-5-7-20/h8-11,17,20H,3-7,12-16H2,1-2H3,(H,25,30). The zero-order valence-corrected chi connectivity index (χ0v) is 19.5. The maximum Gasteiger partial charge on any atom is 0.345 e. The molecule has 0 radical (unpaired) electrons. The number of aryl methyl sites for hydroxylation is 1. The van der Waals surface area contributed by atoms with Crippen LogP contribution in [0.5, 0.6) is 0 Å². The maximum absolute atomic E-state index is 12.7. The zero-order chi connectivity index (χ0) is 23.4. The van der Waals surface area contributed by atoms with Crippen LogP contribution in [0.25, 0.3) is 0 Å². The quantitative estimate of drug-likeness (QED) is 0.645. The molecule has 1 aliphatic carbocycles. The lowest BCUT2D eigenvalue weighted by molar-refractivity contribution is -0.117. The number of hydrogen-bond donors (Lipinski definition) is 1. The second kappa shape index (κ2) is 10.3. The van der Waals surface area contributed by atoms with E-state index < -0.39 is 0 Å². The molecule has 2 heterocycles. The molecule has 0 bridgehead atoms. The summed E-state index contributed by atoms with van der Waals surface area (Å²) < 4.78 is 8.39. The van der Waals surface area contributed by atoms with Crippen LogP contribution in [-0.4, -0.2) is 57.4 Å². The number of carbonyl (C=O) groups excluding carboxylic acids is 2. The van der Waals surface area contributed by atoms with E-state index in [2.05, 4.69) is 15.3 Å². The molecule has 2 aromatic rings. The van der Waals surface area contributed by atoms with Crippen molar-refractivity contribution >= 4 is 17.6 Å². The molecule has 1 saturated heterocycles. The van der Waals surface area contributed by atoms with E-state index in [1.807, 2.05) is 4.57 Å². The number of hydrogen-bond acceptors (Lipinski definition) is 6. The Morgan fingerprint density at radius 1 is 1.09 bits per heavy atom. The lowest BCUT2D eigenvalue weighted by Gasteiger charge is -2.31. The van der Waals surface area contributed by atoms with Crippen LogP contribution in [0.15, 0.2) is 29.1 Å². The van der Waals surface area contributed by atoms with E-state index >= 15 is 0 Å². The van der Waals surface area contributed by atoms with Gasteiger partial charge in [-0.2, -0.15) is 5.10 Å². The number of rotatable bonds is 7. The van der Waals surface area contributed by atoms with Crippen molar-refractivity contribution < 1.29 is 14.3 Å². The number of amides is 1. The molecule has 1 N–H and O–H groups in total. The highest BCUT2D eigenvalue weighted by atomic mass is 16.5. The Morgan fingerprint density at radius 2 is 1.76 bits per heavy atom. The number of esters is 1. The molecule has 33 heavy (non-hydrogen) atoms. The normalized spacial score (nSPS) is 17.9. The summed E-state index contributed by atoms with van der Waals surface area (Å²) >= 11 is 0. The van der Waals surface area contributed by atoms with Crippen LogP contribution in [0.1, 0.15) is 73.6 Å². The minimum Gasteiger partial charge on any atom is -0.462 e. The van der Waals surface area contributed by atoms with Gasteiger partial charge in [-0.15, -0.1) is 0 Å². The molecule has 0 spiro atoms. The largest absolute Gasteiger partial charge is 0.462 e. The van der Waals surface area contributed by atoms with Crippen LogP contribution in [-0.2, 0) is 16.6 Å². The third-order valence-corrected chi connectivity index (χ3v) is 6.67. The average Bonchev–Trinajstić information content (AvgIpc) is 3.43. The van der Waals surface area contributed by atoms with E-state index in [0.29, 0.717) is 24.4 Å². The Hall–Kier alpha value is -2.94. The minimum atomic E-state index is -0.371. The molecular weight excluding hydrogens is 422 g/mol. The number of aromatic nitrogens is 3. The molecule has 2 fully saturated rings. The second-order valence-electron chi connectivity index (χ2n) is 8.97. The lowest BCUT2D eigenvalue weighted by Crippen LogP contribution is -2.39. The van der Waals surface area contributed by atoms with Crippen LogP contribution >= 0.6 is 0 Å². The van der Waals surface area contributed by atoms with Crippen molar-refractivity contribution in [1.29, 1.82) is 0 Å². The Labute approximate surface area is 193 Å². The molecule has 1 saturated carbocycles. The number of carbonyl (C=O) groups is 2. The van der Waals surface area contributed by atoms with Gasteiger partial charge in [0.05, 0.1) is 18.7 Å². The van der Waals surface area contributed by atoms with Gasteiger partial charge in [0.25, 0.3) is 0 Å². The molecule has 1 amide bonds. The third-order valence-electron chi connectivity index (χ3n) is 6.67. The lowest BCUT2D eigenvalue weighted by atomic mass is 9.95. The first-order valence-electron chi connectivity index (χ1n) is 11.9. The van der Waals surface area contributed by atoms with E-state index in [9.17, 15) is 14.4 Å². The third kappa shape index (κ3) is 5.35. The molecule has 1 aromatic carbocycles. The Balaban J connectivity index is 1.30. The fraction of sp³-hybridized carbons (Fsp3) is 0.583. The molecule has 4 rings (SSSR count). The van der Waals surface area contributed by atoms with Crippen LogP contribution in [0, 0.1) is 0 Å². The van der Waals surface area contributed by atoms with Crippen molar-refractivity contribution in [3.05, 3.63) is 46.1 Å². The zero-order valence-electron chi connectivity index (χ0n) is 19.5. The average molecular weight is 456 g/mol. The summed E-state index contributed by atoms with van der Waals surface area (Å²) in [6, 6.07) is 6.99. The monoisotopic (exact) mass is 455 g/mol. The van der Waals surface area contributed by atoms with Gasteiger partial charge in [-0.3, -0.25) is 14.3 Å². The van der Waals surface area contributed by atoms with E-state index in [1.165, 1.54) is 17.5 Å². The van der Waals surface area contributed by atoms with E-state index in [-0.39, 0.29) is 29.5 Å². The van der Waals surface area contributed by atoms with E-state index in [0.717, 1.165) is 44.6 Å². The van der Waals surface area contributed by atoms with Crippen LogP contribution in [0.3, 0.4) is 0 Å². The summed E-state index contributed by atoms with van der Waals surface area (Å²) in [6.45, 7) is 3.97. The number of nitrogens with zero attached hydrogens (tertiary/aromatic N) is 4. The first-order valence-corrected chi connectivity index (χ1v) is 11.9. The van der Waals surface area contributed by atoms with Gasteiger partial charge in [0.1, 0.15) is 5.82 Å². The molecule has 1 aliphatic heterocycles. The highest BCUT2D eigenvalue weighted by molar-refractivity contribution is 5.94. The first kappa shape index (κ1) is 23.2. The smallest absolute Gasteiger partial charge is 0.345 e. The highest BCUT2D eigenvalue weighted by Crippen LogP contribution is 2.33. The van der Waals surface area contributed by atoms with Crippen molar-refractivity contribution in [1.82, 2.24) is 19.2 Å². The van der Waals surface area contributed by atoms with Crippen molar-refractivity contribution in [2.45, 2.75) is 57.4 Å². The molecule has 9 nitrogen and oxygen atoms in total. The van der Waals surface area contributed by atoms with E-state index in [4.69, 9.17) is 4.74 Å². The van der Waals surface area contributed by atoms with Crippen molar-refractivity contribution in [2.24, 2.45) is 7.05 Å². The van der Waals surface area contributed by atoms with Gasteiger partial charge in [-0.05, 0) is 70.0 Å². The summed E-state index contributed by atoms with van der Waals surface area (Å²) in [5, 5.41) is 7.48. The fourth-order valence-electron chi connectivity index (χ4n) is 4.94. The molecule has 0 unspecified atom stereocenters. The van der Waals surface area contributed by atoms with Crippen LogP contribution in [0.2, 0.25) is 0 Å². The first-order chi connectivity index (χ1) is 16.0. The molecule has 1 aromatic heterocycles. The summed E-state index contributed by atoms with van der Waals surface area (Å²) in [5.41, 5.74) is 1.10. The summed E-state index contributed by atoms with van der Waals surface area (Å²) in [7, 11) is 1.73.